The average Bonchev–Trinajstić information content (AvgIpc) is 3.23. The van der Waals surface area contributed by atoms with E-state index in [1.807, 2.05) is 57.2 Å². The number of halogens is 1. The van der Waals surface area contributed by atoms with E-state index in [4.69, 9.17) is 16.3 Å². The molecule has 0 radical (unpaired) electrons. The topological polar surface area (TPSA) is 80.7 Å². The van der Waals surface area contributed by atoms with E-state index in [0.29, 0.717) is 34.1 Å². The molecule has 156 valence electrons. The summed E-state index contributed by atoms with van der Waals surface area (Å²) in [4.78, 5) is 6.33. The van der Waals surface area contributed by atoms with Gasteiger partial charge in [-0.15, -0.1) is 0 Å². The van der Waals surface area contributed by atoms with Gasteiger partial charge in [-0.3, -0.25) is 9.67 Å². The summed E-state index contributed by atoms with van der Waals surface area (Å²) < 4.78 is 9.54. The Labute approximate surface area is 179 Å². The van der Waals surface area contributed by atoms with Crippen LogP contribution in [0.5, 0.6) is 11.5 Å². The van der Waals surface area contributed by atoms with Crippen LogP contribution in [0.4, 0.5) is 0 Å². The van der Waals surface area contributed by atoms with Crippen LogP contribution in [0.25, 0.3) is 16.8 Å². The number of hydrogen-bond acceptors (Lipinski definition) is 6. The molecule has 4 rings (SSSR count). The Balaban J connectivity index is 1.80. The Morgan fingerprint density at radius 1 is 1.30 bits per heavy atom. The van der Waals surface area contributed by atoms with E-state index in [2.05, 4.69) is 15.2 Å². The zero-order valence-corrected chi connectivity index (χ0v) is 18.0. The molecule has 0 amide bonds. The summed E-state index contributed by atoms with van der Waals surface area (Å²) in [5.41, 5.74) is 3.29. The monoisotopic (exact) mass is 426 g/mol. The normalized spacial score (nSPS) is 12.6. The van der Waals surface area contributed by atoms with E-state index in [0.717, 1.165) is 11.4 Å². The number of pyridine rings is 2. The predicted molar refractivity (Wildman–Crippen MR) is 115 cm³/mol. The molecular weight excluding hydrogens is 404 g/mol. The predicted octanol–water partition coefficient (Wildman–Crippen LogP) is 3.69. The summed E-state index contributed by atoms with van der Waals surface area (Å²) in [6.45, 7) is 2.48. The fourth-order valence-electron chi connectivity index (χ4n) is 3.35. The highest BCUT2D eigenvalue weighted by atomic mass is 35.5. The van der Waals surface area contributed by atoms with Crippen LogP contribution >= 0.6 is 11.6 Å². The van der Waals surface area contributed by atoms with Gasteiger partial charge >= 0.3 is 0 Å². The Hall–Kier alpha value is -3.10. The average molecular weight is 427 g/mol. The van der Waals surface area contributed by atoms with Crippen LogP contribution in [-0.4, -0.2) is 48.5 Å². The lowest BCUT2D eigenvalue weighted by molar-refractivity contribution is 0.224. The zero-order chi connectivity index (χ0) is 21.4. The van der Waals surface area contributed by atoms with Gasteiger partial charge in [0, 0.05) is 31.5 Å². The highest BCUT2D eigenvalue weighted by Crippen LogP contribution is 2.37. The molecule has 4 aromatic rings. The van der Waals surface area contributed by atoms with Gasteiger partial charge in [0.1, 0.15) is 23.1 Å². The minimum atomic E-state index is -0.308. The largest absolute Gasteiger partial charge is 0.504 e. The summed E-state index contributed by atoms with van der Waals surface area (Å²) >= 11 is 6.37. The van der Waals surface area contributed by atoms with E-state index in [-0.39, 0.29) is 11.9 Å². The maximum atomic E-state index is 10.8. The number of fused-ring (bicyclic) bond motifs is 1. The molecule has 0 fully saturated rings. The number of rotatable bonds is 6. The summed E-state index contributed by atoms with van der Waals surface area (Å²) in [6.07, 6.45) is 4.76. The van der Waals surface area contributed by atoms with Gasteiger partial charge in [-0.05, 0) is 39.2 Å². The Bertz CT molecular complexity index is 1190. The third-order valence-corrected chi connectivity index (χ3v) is 5.09. The van der Waals surface area contributed by atoms with E-state index in [1.54, 1.807) is 27.8 Å². The van der Waals surface area contributed by atoms with Crippen molar-refractivity contribution in [3.8, 4) is 22.8 Å². The molecule has 0 aliphatic carbocycles. The molecule has 0 aliphatic rings. The number of aromatic hydroxyl groups is 1. The molecule has 4 aromatic heterocycles. The van der Waals surface area contributed by atoms with Gasteiger partial charge in [0.05, 0.1) is 22.6 Å². The standard InChI is InChI=1S/C21H23ClN6O2/c1-13(16-7-5-6-8-23-16)30-18-9-14(11-28-20(18)15(22)10-24-28)19-21(29)17(12-26(2)3)27(4)25-19/h5-11,13,29H,12H2,1-4H3. The van der Waals surface area contributed by atoms with E-state index in [1.165, 1.54) is 0 Å². The summed E-state index contributed by atoms with van der Waals surface area (Å²) in [5, 5.41) is 20.1. The van der Waals surface area contributed by atoms with Crippen molar-refractivity contribution in [1.29, 1.82) is 0 Å². The highest BCUT2D eigenvalue weighted by Gasteiger charge is 2.21. The molecule has 30 heavy (non-hydrogen) atoms. The molecule has 1 unspecified atom stereocenters. The lowest BCUT2D eigenvalue weighted by atomic mass is 10.1. The molecule has 0 saturated carbocycles. The smallest absolute Gasteiger partial charge is 0.166 e. The highest BCUT2D eigenvalue weighted by molar-refractivity contribution is 6.34. The number of ether oxygens (including phenoxy) is 1. The van der Waals surface area contributed by atoms with Crippen molar-refractivity contribution in [3.05, 3.63) is 59.3 Å². The van der Waals surface area contributed by atoms with Gasteiger partial charge in [-0.1, -0.05) is 17.7 Å². The van der Waals surface area contributed by atoms with Crippen LogP contribution in [0.3, 0.4) is 0 Å². The van der Waals surface area contributed by atoms with Crippen LogP contribution in [0.1, 0.15) is 24.4 Å². The molecule has 0 spiro atoms. The molecule has 0 saturated heterocycles. The molecule has 1 atom stereocenters. The first-order valence-electron chi connectivity index (χ1n) is 9.49. The number of aromatic nitrogens is 5. The van der Waals surface area contributed by atoms with Crippen molar-refractivity contribution in [3.63, 3.8) is 0 Å². The summed E-state index contributed by atoms with van der Waals surface area (Å²) in [6, 6.07) is 7.50. The second-order valence-corrected chi connectivity index (χ2v) is 7.81. The molecular formula is C21H23ClN6O2. The maximum absolute atomic E-state index is 10.8. The fourth-order valence-corrected chi connectivity index (χ4v) is 3.58. The molecule has 0 aromatic carbocycles. The van der Waals surface area contributed by atoms with Gasteiger partial charge < -0.3 is 14.7 Å². The molecule has 9 heteroatoms. The van der Waals surface area contributed by atoms with Crippen LogP contribution in [-0.2, 0) is 13.6 Å². The first-order chi connectivity index (χ1) is 14.3. The minimum Gasteiger partial charge on any atom is -0.504 e. The lowest BCUT2D eigenvalue weighted by Gasteiger charge is -2.16. The quantitative estimate of drug-likeness (QED) is 0.506. The lowest BCUT2D eigenvalue weighted by Crippen LogP contribution is -2.13. The first kappa shape index (κ1) is 20.2. The van der Waals surface area contributed by atoms with Crippen LogP contribution < -0.4 is 4.74 Å². The first-order valence-corrected chi connectivity index (χ1v) is 9.87. The van der Waals surface area contributed by atoms with Crippen molar-refractivity contribution in [2.45, 2.75) is 19.6 Å². The maximum Gasteiger partial charge on any atom is 0.166 e. The number of aryl methyl sites for hydroxylation is 1. The van der Waals surface area contributed by atoms with Gasteiger partial charge in [0.2, 0.25) is 0 Å². The van der Waals surface area contributed by atoms with Crippen molar-refractivity contribution in [2.75, 3.05) is 14.1 Å². The fraction of sp³-hybridized carbons (Fsp3) is 0.286. The van der Waals surface area contributed by atoms with Crippen molar-refractivity contribution >= 4 is 17.1 Å². The van der Waals surface area contributed by atoms with Crippen LogP contribution in [0, 0.1) is 0 Å². The van der Waals surface area contributed by atoms with E-state index >= 15 is 0 Å². The molecule has 4 heterocycles. The van der Waals surface area contributed by atoms with Crippen LogP contribution in [0.15, 0.2) is 42.9 Å². The third-order valence-electron chi connectivity index (χ3n) is 4.82. The Kier molecular flexibility index (Phi) is 5.36. The number of hydrogen-bond donors (Lipinski definition) is 1. The second-order valence-electron chi connectivity index (χ2n) is 7.40. The molecule has 0 bridgehead atoms. The SMILES string of the molecule is CC(Oc1cc(-c2nn(C)c(CN(C)C)c2O)cn2ncc(Cl)c12)c1ccccn1. The van der Waals surface area contributed by atoms with Crippen molar-refractivity contribution in [2.24, 2.45) is 7.05 Å². The van der Waals surface area contributed by atoms with Crippen LogP contribution in [0.2, 0.25) is 5.02 Å². The number of nitrogens with zero attached hydrogens (tertiary/aromatic N) is 6. The van der Waals surface area contributed by atoms with Gasteiger partial charge in [0.25, 0.3) is 0 Å². The Morgan fingerprint density at radius 3 is 2.80 bits per heavy atom. The van der Waals surface area contributed by atoms with Gasteiger partial charge in [-0.2, -0.15) is 10.2 Å². The molecule has 1 N–H and O–H groups in total. The van der Waals surface area contributed by atoms with Gasteiger partial charge in [-0.25, -0.2) is 4.52 Å². The second kappa shape index (κ2) is 7.97. The zero-order valence-electron chi connectivity index (χ0n) is 17.2. The minimum absolute atomic E-state index is 0.132. The Morgan fingerprint density at radius 2 is 2.10 bits per heavy atom. The van der Waals surface area contributed by atoms with Gasteiger partial charge in [0.15, 0.2) is 5.75 Å². The molecule has 8 nitrogen and oxygen atoms in total. The van der Waals surface area contributed by atoms with Crippen molar-refractivity contribution < 1.29 is 9.84 Å². The summed E-state index contributed by atoms with van der Waals surface area (Å²) in [5.74, 6) is 0.667. The van der Waals surface area contributed by atoms with E-state index in [9.17, 15) is 5.11 Å². The van der Waals surface area contributed by atoms with Crippen molar-refractivity contribution in [1.82, 2.24) is 29.3 Å². The van der Waals surface area contributed by atoms with E-state index < -0.39 is 0 Å². The third kappa shape index (κ3) is 3.71. The molecule has 0 aliphatic heterocycles. The summed E-state index contributed by atoms with van der Waals surface area (Å²) in [7, 11) is 5.69.